The smallest absolute Gasteiger partial charge is 0.145 e. The van der Waals surface area contributed by atoms with Gasteiger partial charge in [0.15, 0.2) is 0 Å². The molecule has 0 atom stereocenters. The highest BCUT2D eigenvalue weighted by molar-refractivity contribution is 6.30. The molecule has 0 amide bonds. The van der Waals surface area contributed by atoms with Gasteiger partial charge in [-0.25, -0.2) is 4.39 Å². The third-order valence-electron chi connectivity index (χ3n) is 1.96. The molecule has 0 aliphatic carbocycles. The Balaban J connectivity index is 2.28. The first-order valence-corrected chi connectivity index (χ1v) is 5.30. The largest absolute Gasteiger partial charge is 0.493 e. The van der Waals surface area contributed by atoms with Gasteiger partial charge in [-0.2, -0.15) is 0 Å². The van der Waals surface area contributed by atoms with Crippen molar-refractivity contribution in [1.29, 1.82) is 0 Å². The Kier molecular flexibility index (Phi) is 5.43. The number of rotatable bonds is 6. The number of aliphatic hydroxyl groups is 1. The second-order valence-corrected chi connectivity index (χ2v) is 3.62. The lowest BCUT2D eigenvalue weighted by Crippen LogP contribution is -1.98. The Morgan fingerprint density at radius 3 is 2.73 bits per heavy atom. The lowest BCUT2D eigenvalue weighted by atomic mass is 10.2. The predicted octanol–water partition coefficient (Wildman–Crippen LogP) is 3.02. The van der Waals surface area contributed by atoms with Gasteiger partial charge in [-0.1, -0.05) is 11.6 Å². The van der Waals surface area contributed by atoms with Gasteiger partial charge >= 0.3 is 0 Å². The van der Waals surface area contributed by atoms with Gasteiger partial charge in [0, 0.05) is 12.7 Å². The summed E-state index contributed by atoms with van der Waals surface area (Å²) in [6.07, 6.45) is 2.54. The van der Waals surface area contributed by atoms with Gasteiger partial charge in [0.05, 0.1) is 11.6 Å². The molecule has 0 saturated carbocycles. The topological polar surface area (TPSA) is 29.5 Å². The molecule has 4 heteroatoms. The Morgan fingerprint density at radius 1 is 1.27 bits per heavy atom. The minimum Gasteiger partial charge on any atom is -0.493 e. The fraction of sp³-hybridized carbons (Fsp3) is 0.455. The van der Waals surface area contributed by atoms with Crippen molar-refractivity contribution in [1.82, 2.24) is 0 Å². The van der Waals surface area contributed by atoms with Crippen LogP contribution in [0.2, 0.25) is 5.02 Å². The van der Waals surface area contributed by atoms with Crippen molar-refractivity contribution in [3.63, 3.8) is 0 Å². The molecule has 0 aliphatic rings. The summed E-state index contributed by atoms with van der Waals surface area (Å²) in [4.78, 5) is 0. The van der Waals surface area contributed by atoms with Crippen LogP contribution in [0.1, 0.15) is 19.3 Å². The Bertz CT molecular complexity index is 305. The molecule has 2 nitrogen and oxygen atoms in total. The predicted molar refractivity (Wildman–Crippen MR) is 57.8 cm³/mol. The summed E-state index contributed by atoms with van der Waals surface area (Å²) in [7, 11) is 0. The van der Waals surface area contributed by atoms with E-state index >= 15 is 0 Å². The summed E-state index contributed by atoms with van der Waals surface area (Å²) < 4.78 is 18.3. The summed E-state index contributed by atoms with van der Waals surface area (Å²) >= 11 is 5.52. The van der Waals surface area contributed by atoms with E-state index in [0.717, 1.165) is 19.3 Å². The minimum atomic E-state index is -0.468. The maximum absolute atomic E-state index is 13.0. The molecule has 0 aliphatic heterocycles. The first-order valence-electron chi connectivity index (χ1n) is 4.93. The van der Waals surface area contributed by atoms with Gasteiger partial charge < -0.3 is 9.84 Å². The lowest BCUT2D eigenvalue weighted by Gasteiger charge is -2.06. The Labute approximate surface area is 93.6 Å². The van der Waals surface area contributed by atoms with Crippen molar-refractivity contribution in [2.45, 2.75) is 19.3 Å². The van der Waals surface area contributed by atoms with Crippen molar-refractivity contribution in [2.24, 2.45) is 0 Å². The van der Waals surface area contributed by atoms with Gasteiger partial charge in [0.1, 0.15) is 11.6 Å². The van der Waals surface area contributed by atoms with Crippen molar-refractivity contribution in [3.05, 3.63) is 29.0 Å². The van der Waals surface area contributed by atoms with Gasteiger partial charge in [-0.3, -0.25) is 0 Å². The number of ether oxygens (including phenoxy) is 1. The standard InChI is InChI=1S/C11H14ClFO2/c12-10-5-4-9(8-11(10)13)15-7-3-1-2-6-14/h4-5,8,14H,1-3,6-7H2. The van der Waals surface area contributed by atoms with Crippen molar-refractivity contribution < 1.29 is 14.2 Å². The van der Waals surface area contributed by atoms with E-state index in [4.69, 9.17) is 21.4 Å². The van der Waals surface area contributed by atoms with Crippen LogP contribution >= 0.6 is 11.6 Å². The van der Waals surface area contributed by atoms with E-state index in [1.54, 1.807) is 6.07 Å². The summed E-state index contributed by atoms with van der Waals surface area (Å²) in [5.41, 5.74) is 0. The van der Waals surface area contributed by atoms with Crippen LogP contribution < -0.4 is 4.74 Å². The van der Waals surface area contributed by atoms with Crippen molar-refractivity contribution >= 4 is 11.6 Å². The summed E-state index contributed by atoms with van der Waals surface area (Å²) in [5.74, 6) is 0.0189. The zero-order chi connectivity index (χ0) is 11.1. The molecule has 1 aromatic rings. The monoisotopic (exact) mass is 232 g/mol. The van der Waals surface area contributed by atoms with E-state index in [2.05, 4.69) is 0 Å². The first-order chi connectivity index (χ1) is 7.24. The first kappa shape index (κ1) is 12.3. The molecular formula is C11H14ClFO2. The van der Waals surface area contributed by atoms with E-state index in [-0.39, 0.29) is 11.6 Å². The van der Waals surface area contributed by atoms with Crippen LogP contribution in [0.15, 0.2) is 18.2 Å². The Hall–Kier alpha value is -0.800. The molecule has 0 fully saturated rings. The van der Waals surface area contributed by atoms with Crippen LogP contribution in [-0.4, -0.2) is 18.3 Å². The van der Waals surface area contributed by atoms with Crippen molar-refractivity contribution in [3.8, 4) is 5.75 Å². The van der Waals surface area contributed by atoms with Crippen LogP contribution in [0.25, 0.3) is 0 Å². The van der Waals surface area contributed by atoms with E-state index in [1.165, 1.54) is 12.1 Å². The molecule has 15 heavy (non-hydrogen) atoms. The molecule has 0 saturated heterocycles. The van der Waals surface area contributed by atoms with Gasteiger partial charge in [-0.15, -0.1) is 0 Å². The van der Waals surface area contributed by atoms with Gasteiger partial charge in [0.25, 0.3) is 0 Å². The normalized spacial score (nSPS) is 10.3. The molecule has 0 bridgehead atoms. The molecular weight excluding hydrogens is 219 g/mol. The summed E-state index contributed by atoms with van der Waals surface area (Å²) in [6, 6.07) is 4.38. The molecule has 0 aromatic heterocycles. The zero-order valence-corrected chi connectivity index (χ0v) is 9.13. The maximum atomic E-state index is 13.0. The highest BCUT2D eigenvalue weighted by atomic mass is 35.5. The number of benzene rings is 1. The second kappa shape index (κ2) is 6.64. The third-order valence-corrected chi connectivity index (χ3v) is 2.27. The minimum absolute atomic E-state index is 0.0997. The fourth-order valence-corrected chi connectivity index (χ4v) is 1.26. The van der Waals surface area contributed by atoms with Gasteiger partial charge in [0.2, 0.25) is 0 Å². The molecule has 1 rings (SSSR count). The number of hydrogen-bond donors (Lipinski definition) is 1. The number of hydrogen-bond acceptors (Lipinski definition) is 2. The van der Waals surface area contributed by atoms with Crippen LogP contribution in [-0.2, 0) is 0 Å². The summed E-state index contributed by atoms with van der Waals surface area (Å²) in [5, 5.41) is 8.64. The van der Waals surface area contributed by atoms with E-state index in [0.29, 0.717) is 12.4 Å². The quantitative estimate of drug-likeness (QED) is 0.764. The van der Waals surface area contributed by atoms with Gasteiger partial charge in [-0.05, 0) is 31.4 Å². The zero-order valence-electron chi connectivity index (χ0n) is 8.38. The molecule has 0 unspecified atom stereocenters. The van der Waals surface area contributed by atoms with Crippen molar-refractivity contribution in [2.75, 3.05) is 13.2 Å². The SMILES string of the molecule is OCCCCCOc1ccc(Cl)c(F)c1. The van der Waals surface area contributed by atoms with E-state index in [9.17, 15) is 4.39 Å². The highest BCUT2D eigenvalue weighted by Gasteiger charge is 2.01. The summed E-state index contributed by atoms with van der Waals surface area (Å²) in [6.45, 7) is 0.733. The maximum Gasteiger partial charge on any atom is 0.145 e. The van der Waals surface area contributed by atoms with Crippen LogP contribution in [0.3, 0.4) is 0 Å². The fourth-order valence-electron chi connectivity index (χ4n) is 1.15. The molecule has 0 heterocycles. The number of aliphatic hydroxyl groups excluding tert-OH is 1. The van der Waals surface area contributed by atoms with Crippen LogP contribution in [0.4, 0.5) is 4.39 Å². The third kappa shape index (κ3) is 4.49. The van der Waals surface area contributed by atoms with Crippen LogP contribution in [0, 0.1) is 5.82 Å². The number of halogens is 2. The number of unbranched alkanes of at least 4 members (excludes halogenated alkanes) is 2. The molecule has 1 N–H and O–H groups in total. The molecule has 0 radical (unpaired) electrons. The molecule has 84 valence electrons. The molecule has 1 aromatic carbocycles. The average molecular weight is 233 g/mol. The average Bonchev–Trinajstić information content (AvgIpc) is 2.23. The van der Waals surface area contributed by atoms with E-state index in [1.807, 2.05) is 0 Å². The second-order valence-electron chi connectivity index (χ2n) is 3.21. The molecule has 0 spiro atoms. The van der Waals surface area contributed by atoms with E-state index < -0.39 is 5.82 Å². The lowest BCUT2D eigenvalue weighted by molar-refractivity contribution is 0.266. The highest BCUT2D eigenvalue weighted by Crippen LogP contribution is 2.20. The Morgan fingerprint density at radius 2 is 2.07 bits per heavy atom. The van der Waals surface area contributed by atoms with Crippen LogP contribution in [0.5, 0.6) is 5.75 Å².